The van der Waals surface area contributed by atoms with Gasteiger partial charge in [-0.25, -0.2) is 14.8 Å². The second-order valence-electron chi connectivity index (χ2n) is 10.7. The summed E-state index contributed by atoms with van der Waals surface area (Å²) < 4.78 is 43.7. The number of anilines is 1. The molecule has 1 aliphatic carbocycles. The van der Waals surface area contributed by atoms with E-state index in [1.54, 1.807) is 13.3 Å². The number of carbonyl (C=O) groups is 1. The molecule has 4 heterocycles. The molecule has 1 saturated carbocycles. The third kappa shape index (κ3) is 5.29. The monoisotopic (exact) mass is 519 g/mol. The van der Waals surface area contributed by atoms with Crippen LogP contribution >= 0.6 is 0 Å². The number of rotatable bonds is 5. The van der Waals surface area contributed by atoms with Crippen molar-refractivity contribution in [1.82, 2.24) is 30.1 Å². The van der Waals surface area contributed by atoms with Gasteiger partial charge in [0.25, 0.3) is 0 Å². The van der Waals surface area contributed by atoms with Crippen molar-refractivity contribution in [3.05, 3.63) is 42.0 Å². The third-order valence-corrected chi connectivity index (χ3v) is 7.62. The molecule has 1 N–H and O–H groups in total. The minimum atomic E-state index is -4.47. The smallest absolute Gasteiger partial charge is 0.419 e. The summed E-state index contributed by atoms with van der Waals surface area (Å²) in [7, 11) is 1.65. The molecule has 2 saturated heterocycles. The molecule has 0 radical (unpaired) electrons. The summed E-state index contributed by atoms with van der Waals surface area (Å²) in [5, 5.41) is 3.19. The molecule has 2 aromatic heterocycles. The molecule has 12 heteroatoms. The number of pyridine rings is 1. The molecule has 2 aliphatic heterocycles. The van der Waals surface area contributed by atoms with Gasteiger partial charge in [0.1, 0.15) is 5.75 Å². The van der Waals surface area contributed by atoms with E-state index in [4.69, 9.17) is 4.74 Å². The number of carbonyl (C=O) groups excluding carboxylic acids is 1. The second kappa shape index (κ2) is 9.62. The van der Waals surface area contributed by atoms with Gasteiger partial charge < -0.3 is 19.9 Å². The van der Waals surface area contributed by atoms with Crippen LogP contribution in [0.3, 0.4) is 0 Å². The van der Waals surface area contributed by atoms with E-state index in [-0.39, 0.29) is 35.5 Å². The maximum Gasteiger partial charge on any atom is 0.419 e. The predicted octanol–water partition coefficient (Wildman–Crippen LogP) is 3.17. The first-order chi connectivity index (χ1) is 17.5. The van der Waals surface area contributed by atoms with Gasteiger partial charge in [-0.1, -0.05) is 0 Å². The van der Waals surface area contributed by atoms with Crippen LogP contribution in [0.1, 0.15) is 37.9 Å². The number of methoxy groups -OCH3 is 1. The summed E-state index contributed by atoms with van der Waals surface area (Å²) in [6.45, 7) is 7.55. The van der Waals surface area contributed by atoms with Crippen LogP contribution in [0.4, 0.5) is 23.9 Å². The van der Waals surface area contributed by atoms with E-state index in [2.05, 4.69) is 25.2 Å². The van der Waals surface area contributed by atoms with E-state index in [1.807, 2.05) is 35.8 Å². The molecule has 5 rings (SSSR count). The highest BCUT2D eigenvalue weighted by Crippen LogP contribution is 2.48. The van der Waals surface area contributed by atoms with Crippen LogP contribution in [0.25, 0.3) is 0 Å². The van der Waals surface area contributed by atoms with Crippen LogP contribution < -0.4 is 15.0 Å². The zero-order chi connectivity index (χ0) is 26.4. The summed E-state index contributed by atoms with van der Waals surface area (Å²) in [5.41, 5.74) is 0.384. The summed E-state index contributed by atoms with van der Waals surface area (Å²) >= 11 is 0. The molecule has 200 valence electrons. The minimum Gasteiger partial charge on any atom is -0.497 e. The van der Waals surface area contributed by atoms with E-state index in [1.165, 1.54) is 0 Å². The van der Waals surface area contributed by atoms with Crippen molar-refractivity contribution in [2.75, 3.05) is 38.2 Å². The lowest BCUT2D eigenvalue weighted by Gasteiger charge is -2.59. The van der Waals surface area contributed by atoms with E-state index in [9.17, 15) is 18.0 Å². The average molecular weight is 520 g/mol. The number of hydrogen-bond acceptors (Lipinski definition) is 7. The number of likely N-dealkylation sites (tertiary alicyclic amines) is 1. The van der Waals surface area contributed by atoms with Crippen molar-refractivity contribution < 1.29 is 22.7 Å². The largest absolute Gasteiger partial charge is 0.497 e. The molecule has 0 bridgehead atoms. The fraction of sp³-hybridized carbons (Fsp3) is 0.600. The van der Waals surface area contributed by atoms with Crippen LogP contribution in [0.5, 0.6) is 5.75 Å². The third-order valence-electron chi connectivity index (χ3n) is 7.62. The van der Waals surface area contributed by atoms with Crippen LogP contribution in [0, 0.1) is 5.41 Å². The Bertz CT molecular complexity index is 1100. The summed E-state index contributed by atoms with van der Waals surface area (Å²) in [4.78, 5) is 31.4. The van der Waals surface area contributed by atoms with Gasteiger partial charge in [0.15, 0.2) is 0 Å². The first kappa shape index (κ1) is 25.5. The van der Waals surface area contributed by atoms with Crippen LogP contribution in [0.2, 0.25) is 0 Å². The molecular weight excluding hydrogens is 487 g/mol. The van der Waals surface area contributed by atoms with Gasteiger partial charge in [-0.3, -0.25) is 9.88 Å². The molecule has 2 amide bonds. The highest BCUT2D eigenvalue weighted by molar-refractivity contribution is 5.76. The number of alkyl halides is 3. The van der Waals surface area contributed by atoms with E-state index in [0.29, 0.717) is 13.1 Å². The molecule has 3 aliphatic rings. The summed E-state index contributed by atoms with van der Waals surface area (Å²) in [6.07, 6.45) is 0.819. The molecule has 2 aromatic rings. The van der Waals surface area contributed by atoms with E-state index >= 15 is 0 Å². The lowest BCUT2D eigenvalue weighted by molar-refractivity contribution is -0.138. The Morgan fingerprint density at radius 3 is 2.38 bits per heavy atom. The molecule has 3 fully saturated rings. The van der Waals surface area contributed by atoms with Gasteiger partial charge in [0, 0.05) is 75.5 Å². The van der Waals surface area contributed by atoms with Gasteiger partial charge in [-0.2, -0.15) is 13.2 Å². The van der Waals surface area contributed by atoms with Crippen molar-refractivity contribution in [2.45, 2.75) is 57.5 Å². The van der Waals surface area contributed by atoms with Crippen LogP contribution in [-0.2, 0) is 12.7 Å². The Morgan fingerprint density at radius 2 is 1.78 bits per heavy atom. The van der Waals surface area contributed by atoms with Gasteiger partial charge in [-0.05, 0) is 38.2 Å². The number of nitrogens with one attached hydrogen (secondary N) is 1. The standard InChI is InChI=1S/C25H32F3N7O2/c1-16-11-34(22-30-9-18(10-31-22)25(26,27)28)12-17(2)35(16)23(36)32-20-7-24(8-20)14-33(15-24)13-19-6-21(37-3)4-5-29-19/h4-6,9-10,16-17,20H,7-8,11-15H2,1-3H3,(H,32,36)/t16-,17+. The predicted molar refractivity (Wildman–Crippen MR) is 130 cm³/mol. The minimum absolute atomic E-state index is 0.0930. The lowest BCUT2D eigenvalue weighted by atomic mass is 9.60. The van der Waals surface area contributed by atoms with Gasteiger partial charge in [-0.15, -0.1) is 0 Å². The number of urea groups is 1. The molecule has 9 nitrogen and oxygen atoms in total. The fourth-order valence-corrected chi connectivity index (χ4v) is 6.03. The Hall–Kier alpha value is -3.15. The maximum atomic E-state index is 13.1. The number of hydrogen-bond donors (Lipinski definition) is 1. The first-order valence-corrected chi connectivity index (χ1v) is 12.5. The normalized spacial score (nSPS) is 23.9. The van der Waals surface area contributed by atoms with Crippen molar-refractivity contribution in [1.29, 1.82) is 0 Å². The first-order valence-electron chi connectivity index (χ1n) is 12.5. The van der Waals surface area contributed by atoms with Crippen LogP contribution in [0.15, 0.2) is 30.7 Å². The fourth-order valence-electron chi connectivity index (χ4n) is 6.03. The van der Waals surface area contributed by atoms with Crippen molar-refractivity contribution >= 4 is 12.0 Å². The lowest BCUT2D eigenvalue weighted by Crippen LogP contribution is -2.68. The number of nitrogens with zero attached hydrogens (tertiary/aromatic N) is 6. The van der Waals surface area contributed by atoms with Gasteiger partial charge in [0.05, 0.1) is 18.4 Å². The molecule has 0 aromatic carbocycles. The molecule has 2 atom stereocenters. The van der Waals surface area contributed by atoms with Gasteiger partial charge in [0.2, 0.25) is 5.95 Å². The number of halogens is 3. The Morgan fingerprint density at radius 1 is 1.14 bits per heavy atom. The SMILES string of the molecule is COc1ccnc(CN2CC3(CC(NC(=O)N4[C@H](C)CN(c5ncc(C(F)(F)F)cn5)C[C@@H]4C)C3)C2)c1. The van der Waals surface area contributed by atoms with Crippen LogP contribution in [-0.4, -0.2) is 82.2 Å². The topological polar surface area (TPSA) is 86.7 Å². The van der Waals surface area contributed by atoms with Gasteiger partial charge >= 0.3 is 12.2 Å². The molecule has 0 unspecified atom stereocenters. The number of ether oxygens (including phenoxy) is 1. The Kier molecular flexibility index (Phi) is 6.63. The average Bonchev–Trinajstić information content (AvgIpc) is 2.80. The molecular formula is C25H32F3N7O2. The van der Waals surface area contributed by atoms with E-state index in [0.717, 1.165) is 56.3 Å². The highest BCUT2D eigenvalue weighted by atomic mass is 19.4. The summed E-state index contributed by atoms with van der Waals surface area (Å²) in [5.74, 6) is 1.05. The molecule has 37 heavy (non-hydrogen) atoms. The quantitative estimate of drug-likeness (QED) is 0.650. The van der Waals surface area contributed by atoms with Crippen molar-refractivity contribution in [3.8, 4) is 5.75 Å². The zero-order valence-corrected chi connectivity index (χ0v) is 21.2. The maximum absolute atomic E-state index is 13.1. The highest BCUT2D eigenvalue weighted by Gasteiger charge is 2.53. The Labute approximate surface area is 214 Å². The van der Waals surface area contributed by atoms with Crippen molar-refractivity contribution in [3.63, 3.8) is 0 Å². The van der Waals surface area contributed by atoms with Crippen molar-refractivity contribution in [2.24, 2.45) is 5.41 Å². The number of piperazine rings is 1. The number of aromatic nitrogens is 3. The zero-order valence-electron chi connectivity index (χ0n) is 21.2. The summed E-state index contributed by atoms with van der Waals surface area (Å²) in [6, 6.07) is 3.58. The van der Waals surface area contributed by atoms with E-state index < -0.39 is 11.7 Å². The second-order valence-corrected chi connectivity index (χ2v) is 10.7. The Balaban J connectivity index is 1.08. The molecule has 1 spiro atoms. The number of amides is 2.